The number of nitrogens with two attached hydrogens (primary N) is 1. The summed E-state index contributed by atoms with van der Waals surface area (Å²) in [5.74, 6) is 7.15. The Hall–Kier alpha value is -1.56. The average Bonchev–Trinajstić information content (AvgIpc) is 2.85. The van der Waals surface area contributed by atoms with Crippen molar-refractivity contribution in [2.45, 2.75) is 13.0 Å². The van der Waals surface area contributed by atoms with Gasteiger partial charge in [0.05, 0.1) is 20.3 Å². The van der Waals surface area contributed by atoms with Crippen LogP contribution in [0.1, 0.15) is 22.0 Å². The zero-order chi connectivity index (χ0) is 13.8. The number of methoxy groups -OCH3 is 2. The van der Waals surface area contributed by atoms with Crippen LogP contribution in [0.4, 0.5) is 0 Å². The molecule has 0 fully saturated rings. The molecule has 0 saturated heterocycles. The lowest BCUT2D eigenvalue weighted by molar-refractivity contribution is 0.349. The van der Waals surface area contributed by atoms with Crippen LogP contribution in [0.5, 0.6) is 11.5 Å². The van der Waals surface area contributed by atoms with Gasteiger partial charge < -0.3 is 9.47 Å². The predicted octanol–water partition coefficient (Wildman–Crippen LogP) is 2.63. The fourth-order valence-corrected chi connectivity index (χ4v) is 3.13. The molecule has 3 N–H and O–H groups in total. The van der Waals surface area contributed by atoms with Gasteiger partial charge in [0.25, 0.3) is 0 Å². The first-order valence-corrected chi connectivity index (χ1v) is 6.81. The summed E-state index contributed by atoms with van der Waals surface area (Å²) in [6, 6.07) is 7.77. The molecular formula is C14H18N2O2S. The molecule has 1 unspecified atom stereocenters. The van der Waals surface area contributed by atoms with Gasteiger partial charge in [-0.1, -0.05) is 12.1 Å². The van der Waals surface area contributed by atoms with E-state index < -0.39 is 0 Å². The maximum atomic E-state index is 5.74. The van der Waals surface area contributed by atoms with Crippen molar-refractivity contribution in [2.75, 3.05) is 14.2 Å². The van der Waals surface area contributed by atoms with Crippen LogP contribution >= 0.6 is 11.3 Å². The maximum Gasteiger partial charge on any atom is 0.165 e. The molecule has 0 spiro atoms. The minimum atomic E-state index is -0.106. The van der Waals surface area contributed by atoms with E-state index in [1.54, 1.807) is 25.6 Å². The van der Waals surface area contributed by atoms with Gasteiger partial charge in [0.15, 0.2) is 11.5 Å². The highest BCUT2D eigenvalue weighted by molar-refractivity contribution is 7.10. The second-order valence-corrected chi connectivity index (χ2v) is 5.10. The zero-order valence-electron chi connectivity index (χ0n) is 11.3. The van der Waals surface area contributed by atoms with Gasteiger partial charge in [0.1, 0.15) is 0 Å². The largest absolute Gasteiger partial charge is 0.493 e. The molecule has 1 atom stereocenters. The molecule has 2 aromatic rings. The number of hydrazine groups is 1. The number of hydrogen-bond acceptors (Lipinski definition) is 5. The molecule has 1 aromatic carbocycles. The minimum absolute atomic E-state index is 0.106. The van der Waals surface area contributed by atoms with Crippen LogP contribution in [0.3, 0.4) is 0 Å². The van der Waals surface area contributed by atoms with Crippen LogP contribution in [0.15, 0.2) is 29.6 Å². The summed E-state index contributed by atoms with van der Waals surface area (Å²) in [6.07, 6.45) is 0. The number of hydrogen-bond donors (Lipinski definition) is 2. The molecule has 0 aliphatic heterocycles. The fourth-order valence-electron chi connectivity index (χ4n) is 2.13. The summed E-state index contributed by atoms with van der Waals surface area (Å²) in [4.78, 5) is 1.18. The highest BCUT2D eigenvalue weighted by atomic mass is 32.1. The molecular weight excluding hydrogens is 260 g/mol. The lowest BCUT2D eigenvalue weighted by Gasteiger charge is -2.20. The van der Waals surface area contributed by atoms with Crippen LogP contribution in [-0.4, -0.2) is 14.2 Å². The standard InChI is InChI=1S/C14H18N2O2S/c1-9-7-8-19-14(9)12(16-15)10-5-4-6-11(17-2)13(10)18-3/h4-8,12,16H,15H2,1-3H3. The first-order valence-electron chi connectivity index (χ1n) is 5.94. The third-order valence-electron chi connectivity index (χ3n) is 3.07. The lowest BCUT2D eigenvalue weighted by Crippen LogP contribution is -2.29. The third-order valence-corrected chi connectivity index (χ3v) is 4.16. The second kappa shape index (κ2) is 6.06. The van der Waals surface area contributed by atoms with E-state index >= 15 is 0 Å². The monoisotopic (exact) mass is 278 g/mol. The number of thiophene rings is 1. The van der Waals surface area contributed by atoms with Gasteiger partial charge in [-0.2, -0.15) is 0 Å². The van der Waals surface area contributed by atoms with Crippen LogP contribution in [0.2, 0.25) is 0 Å². The van der Waals surface area contributed by atoms with Crippen LogP contribution in [-0.2, 0) is 0 Å². The van der Waals surface area contributed by atoms with Gasteiger partial charge in [-0.25, -0.2) is 5.43 Å². The maximum absolute atomic E-state index is 5.74. The minimum Gasteiger partial charge on any atom is -0.493 e. The van der Waals surface area contributed by atoms with Crippen molar-refractivity contribution >= 4 is 11.3 Å². The molecule has 1 aromatic heterocycles. The first kappa shape index (κ1) is 13.9. The molecule has 19 heavy (non-hydrogen) atoms. The van der Waals surface area contributed by atoms with Gasteiger partial charge in [-0.05, 0) is 30.0 Å². The zero-order valence-corrected chi connectivity index (χ0v) is 12.1. The number of ether oxygens (including phenoxy) is 2. The van der Waals surface area contributed by atoms with Gasteiger partial charge in [-0.3, -0.25) is 5.84 Å². The van der Waals surface area contributed by atoms with Crippen LogP contribution in [0, 0.1) is 6.92 Å². The number of rotatable bonds is 5. The van der Waals surface area contributed by atoms with Crippen molar-refractivity contribution in [1.82, 2.24) is 5.43 Å². The van der Waals surface area contributed by atoms with E-state index in [9.17, 15) is 0 Å². The third kappa shape index (κ3) is 2.58. The number of nitrogens with one attached hydrogen (secondary N) is 1. The summed E-state index contributed by atoms with van der Waals surface area (Å²) >= 11 is 1.67. The van der Waals surface area contributed by atoms with E-state index in [0.717, 1.165) is 5.56 Å². The van der Waals surface area contributed by atoms with Crippen LogP contribution < -0.4 is 20.7 Å². The van der Waals surface area contributed by atoms with Gasteiger partial charge >= 0.3 is 0 Å². The van der Waals surface area contributed by atoms with Crippen molar-refractivity contribution < 1.29 is 9.47 Å². The Morgan fingerprint density at radius 1 is 1.21 bits per heavy atom. The first-order chi connectivity index (χ1) is 9.22. The molecule has 0 aliphatic rings. The van der Waals surface area contributed by atoms with E-state index in [0.29, 0.717) is 11.5 Å². The molecule has 0 radical (unpaired) electrons. The molecule has 0 amide bonds. The summed E-state index contributed by atoms with van der Waals surface area (Å²) in [7, 11) is 3.26. The average molecular weight is 278 g/mol. The van der Waals surface area contributed by atoms with Crippen molar-refractivity contribution in [3.8, 4) is 11.5 Å². The van der Waals surface area contributed by atoms with Crippen molar-refractivity contribution in [1.29, 1.82) is 0 Å². The number of benzene rings is 1. The second-order valence-electron chi connectivity index (χ2n) is 4.15. The Kier molecular flexibility index (Phi) is 4.42. The molecule has 0 bridgehead atoms. The highest BCUT2D eigenvalue weighted by Crippen LogP contribution is 2.38. The van der Waals surface area contributed by atoms with E-state index in [1.165, 1.54) is 10.4 Å². The Morgan fingerprint density at radius 2 is 2.00 bits per heavy atom. The normalized spacial score (nSPS) is 12.2. The Labute approximate surface area is 117 Å². The Balaban J connectivity index is 2.53. The van der Waals surface area contributed by atoms with Crippen molar-refractivity contribution in [3.05, 3.63) is 45.6 Å². The quantitative estimate of drug-likeness (QED) is 0.652. The number of aryl methyl sites for hydroxylation is 1. The summed E-state index contributed by atoms with van der Waals surface area (Å²) < 4.78 is 10.8. The number of para-hydroxylation sites is 1. The lowest BCUT2D eigenvalue weighted by atomic mass is 10.0. The van der Waals surface area contributed by atoms with Gasteiger partial charge in [0.2, 0.25) is 0 Å². The van der Waals surface area contributed by atoms with E-state index in [2.05, 4.69) is 23.8 Å². The summed E-state index contributed by atoms with van der Waals surface area (Å²) in [5, 5.41) is 2.06. The van der Waals surface area contributed by atoms with Crippen molar-refractivity contribution in [2.24, 2.45) is 5.84 Å². The SMILES string of the molecule is COc1cccc(C(NN)c2sccc2C)c1OC. The molecule has 5 heteroatoms. The summed E-state index contributed by atoms with van der Waals surface area (Å²) in [5.41, 5.74) is 5.04. The molecule has 1 heterocycles. The smallest absolute Gasteiger partial charge is 0.165 e. The molecule has 102 valence electrons. The van der Waals surface area contributed by atoms with Crippen molar-refractivity contribution in [3.63, 3.8) is 0 Å². The molecule has 0 saturated carbocycles. The topological polar surface area (TPSA) is 56.5 Å². The molecule has 0 aliphatic carbocycles. The predicted molar refractivity (Wildman–Crippen MR) is 77.8 cm³/mol. The van der Waals surface area contributed by atoms with Crippen LogP contribution in [0.25, 0.3) is 0 Å². The fraction of sp³-hybridized carbons (Fsp3) is 0.286. The van der Waals surface area contributed by atoms with E-state index in [1.807, 2.05) is 18.2 Å². The molecule has 4 nitrogen and oxygen atoms in total. The molecule has 2 rings (SSSR count). The van der Waals surface area contributed by atoms with E-state index in [4.69, 9.17) is 15.3 Å². The van der Waals surface area contributed by atoms with E-state index in [-0.39, 0.29) is 6.04 Å². The van der Waals surface area contributed by atoms with Gasteiger partial charge in [0, 0.05) is 10.4 Å². The van der Waals surface area contributed by atoms with Gasteiger partial charge in [-0.15, -0.1) is 11.3 Å². The Bertz CT molecular complexity index is 554. The summed E-state index contributed by atoms with van der Waals surface area (Å²) in [6.45, 7) is 2.07. The Morgan fingerprint density at radius 3 is 2.53 bits per heavy atom. The highest BCUT2D eigenvalue weighted by Gasteiger charge is 2.21.